The smallest absolute Gasteiger partial charge is 0.410 e. The second-order valence-electron chi connectivity index (χ2n) is 22.3. The van der Waals surface area contributed by atoms with Crippen LogP contribution in [0, 0.1) is 23.7 Å². The first-order valence-electron chi connectivity index (χ1n) is 27.7. The van der Waals surface area contributed by atoms with E-state index in [0.29, 0.717) is 51.7 Å². The van der Waals surface area contributed by atoms with E-state index in [2.05, 4.69) is 30.6 Å². The van der Waals surface area contributed by atoms with E-state index in [-0.39, 0.29) is 37.9 Å². The van der Waals surface area contributed by atoms with E-state index >= 15 is 4.79 Å². The average Bonchev–Trinajstić information content (AvgIpc) is 4.44. The molecule has 79 heavy (non-hydrogen) atoms. The van der Waals surface area contributed by atoms with E-state index in [1.165, 1.54) is 14.0 Å². The molecule has 0 bridgehead atoms. The number of esters is 1. The summed E-state index contributed by atoms with van der Waals surface area (Å²) in [6, 6.07) is 10.4. The van der Waals surface area contributed by atoms with Crippen molar-refractivity contribution >= 4 is 23.6 Å². The number of carbonyl (C=O) groups excluding carboxylic acids is 4. The molecule has 5 aromatic rings. The van der Waals surface area contributed by atoms with Gasteiger partial charge in [-0.1, -0.05) is 50.3 Å². The van der Waals surface area contributed by atoms with Crippen LogP contribution in [0.15, 0.2) is 73.7 Å². The summed E-state index contributed by atoms with van der Waals surface area (Å²) in [5, 5.41) is 38.4. The van der Waals surface area contributed by atoms with Gasteiger partial charge in [0.25, 0.3) is 0 Å². The van der Waals surface area contributed by atoms with E-state index in [1.54, 1.807) is 60.7 Å². The second kappa shape index (κ2) is 25.4. The van der Waals surface area contributed by atoms with Crippen LogP contribution in [-0.2, 0) is 64.0 Å². The number of hydrogen-bond acceptors (Lipinski definition) is 18. The molecular formula is C57H79N11O11. The Balaban J connectivity index is 0.956. The van der Waals surface area contributed by atoms with Gasteiger partial charge in [-0.05, 0) is 96.7 Å². The van der Waals surface area contributed by atoms with Crippen LogP contribution in [-0.4, -0.2) is 176 Å². The lowest BCUT2D eigenvalue weighted by Gasteiger charge is -2.47. The third-order valence-electron chi connectivity index (χ3n) is 16.5. The summed E-state index contributed by atoms with van der Waals surface area (Å²) >= 11 is 0. The van der Waals surface area contributed by atoms with Crippen LogP contribution in [0.5, 0.6) is 0 Å². The summed E-state index contributed by atoms with van der Waals surface area (Å²) in [5.41, 5.74) is 2.25. The van der Waals surface area contributed by atoms with Crippen LogP contribution < -0.4 is 0 Å². The molecule has 0 radical (unpaired) electrons. The van der Waals surface area contributed by atoms with Crippen molar-refractivity contribution in [2.24, 2.45) is 23.7 Å². The number of methoxy groups -OCH3 is 1. The number of Topliss-reactive ketones (excluding diaryl/α,β-unsaturated/α-hetero) is 2. The molecule has 22 nitrogen and oxygen atoms in total. The molecular weight excluding hydrogens is 1010 g/mol. The first-order valence-corrected chi connectivity index (χ1v) is 27.7. The zero-order valence-corrected chi connectivity index (χ0v) is 47.3. The third-order valence-corrected chi connectivity index (χ3v) is 16.5. The van der Waals surface area contributed by atoms with E-state index in [0.717, 1.165) is 33.9 Å². The monoisotopic (exact) mass is 1090 g/mol. The number of rotatable bonds is 19. The molecule has 3 aliphatic rings. The lowest BCUT2D eigenvalue weighted by molar-refractivity contribution is -0.296. The van der Waals surface area contributed by atoms with E-state index in [1.807, 2.05) is 92.3 Å². The van der Waals surface area contributed by atoms with E-state index in [9.17, 15) is 24.6 Å². The van der Waals surface area contributed by atoms with Gasteiger partial charge in [-0.3, -0.25) is 19.4 Å². The van der Waals surface area contributed by atoms with Crippen molar-refractivity contribution in [2.75, 3.05) is 33.9 Å². The highest BCUT2D eigenvalue weighted by Gasteiger charge is 2.60. The molecule has 8 rings (SSSR count). The normalized spacial score (nSPS) is 30.1. The molecule has 1 unspecified atom stereocenters. The fourth-order valence-corrected chi connectivity index (χ4v) is 11.9. The van der Waals surface area contributed by atoms with Crippen LogP contribution in [0.4, 0.5) is 4.79 Å². The Bertz CT molecular complexity index is 2840. The predicted octanol–water partition coefficient (Wildman–Crippen LogP) is 5.30. The summed E-state index contributed by atoms with van der Waals surface area (Å²) in [7, 11) is 3.41. The maximum atomic E-state index is 15.0. The Morgan fingerprint density at radius 1 is 0.899 bits per heavy atom. The highest BCUT2D eigenvalue weighted by atomic mass is 16.7. The van der Waals surface area contributed by atoms with Crippen LogP contribution in [0.3, 0.4) is 0 Å². The maximum Gasteiger partial charge on any atom is 0.410 e. The van der Waals surface area contributed by atoms with Crippen molar-refractivity contribution in [3.8, 4) is 16.9 Å². The number of cyclic esters (lactones) is 1. The molecule has 7 heterocycles. The van der Waals surface area contributed by atoms with Gasteiger partial charge in [0, 0.05) is 100 Å². The van der Waals surface area contributed by atoms with Crippen molar-refractivity contribution < 1.29 is 53.1 Å². The molecule has 2 N–H and O–H groups in total. The molecule has 4 aromatic heterocycles. The average molecular weight is 1090 g/mol. The molecule has 13 atom stereocenters. The first kappa shape index (κ1) is 58.8. The van der Waals surface area contributed by atoms with Gasteiger partial charge in [0.2, 0.25) is 0 Å². The standard InChI is InChI=1S/C57H79N11O11/c1-11-47-57(8)51(67(55(74)79-57)24-13-12-23-65-33-45(59-34-65)41-15-14-22-58-29-41)37(4)48(70)35(2)28-56(7,75-10)52(38(5)49(71)39(6)53(73)77-47)78-54-50(72)46(27-36(3)76-54)64(9)25-20-42-32-68(63-61-42)44-18-16-40(17-19-44)30-66-31-43(21-26-69)60-62-66/h14-19,22,29,31-39,46-47,50-52,54,69,72H,11-13,20-21,23-28,30H2,1-10H3/t35-,36-,37+,38+,39-,46+,47-,50-,51?,52-,54+,56-,57-/m1/s1. The van der Waals surface area contributed by atoms with E-state index < -0.39 is 89.4 Å². The first-order chi connectivity index (χ1) is 37.8. The maximum absolute atomic E-state index is 15.0. The summed E-state index contributed by atoms with van der Waals surface area (Å²) in [6.07, 6.45) is 8.38. The van der Waals surface area contributed by atoms with Crippen molar-refractivity contribution in [2.45, 2.75) is 167 Å². The van der Waals surface area contributed by atoms with Gasteiger partial charge < -0.3 is 48.3 Å². The molecule has 3 fully saturated rings. The number of aromatic nitrogens is 9. The number of aryl methyl sites for hydroxylation is 1. The minimum absolute atomic E-state index is 0.0138. The summed E-state index contributed by atoms with van der Waals surface area (Å²) < 4.78 is 37.4. The van der Waals surface area contributed by atoms with E-state index in [4.69, 9.17) is 23.7 Å². The van der Waals surface area contributed by atoms with Crippen molar-refractivity contribution in [1.82, 2.24) is 54.3 Å². The number of fused-ring (bicyclic) bond motifs is 1. The Morgan fingerprint density at radius 3 is 2.34 bits per heavy atom. The van der Waals surface area contributed by atoms with Gasteiger partial charge in [0.1, 0.15) is 23.9 Å². The summed E-state index contributed by atoms with van der Waals surface area (Å²) in [5.74, 6) is -5.27. The number of aliphatic hydroxyl groups is 2. The Morgan fingerprint density at radius 2 is 1.63 bits per heavy atom. The molecule has 1 aromatic carbocycles. The minimum Gasteiger partial charge on any atom is -0.458 e. The topological polar surface area (TPSA) is 253 Å². The minimum atomic E-state index is -1.44. The van der Waals surface area contributed by atoms with Crippen LogP contribution in [0.1, 0.15) is 104 Å². The summed E-state index contributed by atoms with van der Waals surface area (Å²) in [6.45, 7) is 15.9. The second-order valence-corrected chi connectivity index (χ2v) is 22.3. The molecule has 22 heteroatoms. The summed E-state index contributed by atoms with van der Waals surface area (Å²) in [4.78, 5) is 70.4. The van der Waals surface area contributed by atoms with Crippen molar-refractivity contribution in [3.05, 3.63) is 90.7 Å². The Hall–Kier alpha value is -6.30. The van der Waals surface area contributed by atoms with Gasteiger partial charge in [-0.25, -0.2) is 19.1 Å². The number of carbonyl (C=O) groups is 4. The SMILES string of the molecule is CC[C@H]1OC(=O)[C@H](C)C(=O)[C@H](C)[C@@H](O[C@@H]2O[C@H](C)C[C@H](N(C)CCc3cn(-c4ccc(Cn5cc(CCO)nn5)cc4)nn3)[C@H]2O)[C@](C)(OC)C[C@@H](C)C(=O)[C@H](C)C2N(CCCCn3cnc(-c4cccnc4)c3)C(=O)O[C@@]21C. The number of likely N-dealkylation sites (N-methyl/N-ethyl adjacent to an activating group) is 1. The van der Waals surface area contributed by atoms with Gasteiger partial charge in [0.05, 0.1) is 65.7 Å². The zero-order valence-electron chi connectivity index (χ0n) is 47.3. The Labute approximate surface area is 462 Å². The fraction of sp³-hybridized carbons (Fsp3) is 0.614. The number of imidazole rings is 1. The molecule has 3 aliphatic heterocycles. The molecule has 428 valence electrons. The number of nitrogens with zero attached hydrogens (tertiary/aromatic N) is 11. The quantitative estimate of drug-likeness (QED) is 0.0605. The zero-order chi connectivity index (χ0) is 56.8. The molecule has 0 saturated carbocycles. The molecule has 0 aliphatic carbocycles. The number of unbranched alkanes of at least 4 members (excludes halogenated alkanes) is 1. The fourth-order valence-electron chi connectivity index (χ4n) is 11.9. The molecule has 1 amide bonds. The number of aliphatic hydroxyl groups excluding tert-OH is 2. The lowest BCUT2D eigenvalue weighted by atomic mass is 9.73. The number of ether oxygens (including phenoxy) is 5. The highest BCUT2D eigenvalue weighted by Crippen LogP contribution is 2.43. The Kier molecular flexibility index (Phi) is 18.9. The van der Waals surface area contributed by atoms with Crippen molar-refractivity contribution in [3.63, 3.8) is 0 Å². The van der Waals surface area contributed by atoms with Crippen molar-refractivity contribution in [1.29, 1.82) is 0 Å². The van der Waals surface area contributed by atoms with Gasteiger partial charge in [-0.15, -0.1) is 10.2 Å². The number of benzene rings is 1. The van der Waals surface area contributed by atoms with Gasteiger partial charge in [0.15, 0.2) is 17.7 Å². The van der Waals surface area contributed by atoms with Gasteiger partial charge in [-0.2, -0.15) is 0 Å². The van der Waals surface area contributed by atoms with Crippen LogP contribution in [0.25, 0.3) is 16.9 Å². The van der Waals surface area contributed by atoms with Crippen LogP contribution >= 0.6 is 0 Å². The molecule has 3 saturated heterocycles. The largest absolute Gasteiger partial charge is 0.458 e. The lowest BCUT2D eigenvalue weighted by Crippen LogP contribution is -2.60. The number of pyridine rings is 1. The number of hydrogen-bond donors (Lipinski definition) is 2. The molecule has 0 spiro atoms. The van der Waals surface area contributed by atoms with Gasteiger partial charge >= 0.3 is 12.1 Å². The number of ketones is 2. The predicted molar refractivity (Wildman–Crippen MR) is 288 cm³/mol. The van der Waals surface area contributed by atoms with Crippen LogP contribution in [0.2, 0.25) is 0 Å². The number of amides is 1. The highest BCUT2D eigenvalue weighted by molar-refractivity contribution is 6.00. The third kappa shape index (κ3) is 13.2.